The number of thiophene rings is 1. The standard InChI is InChI=1S/C25H29N5O3S2/c1-14-10-11-17(15(2)13-14)30(25(33)22-19(26)20(23(27)31)29-35-22)21(18-9-6-12-34-18)24(32)28-16-7-4-3-5-8-16/h6,9-13,16,21H,3-5,7-8,26H2,1-2H3,(H2,27,31)(H,28,32)/t21-/m0/s1. The lowest BCUT2D eigenvalue weighted by Gasteiger charge is -2.33. The Bertz CT molecular complexity index is 1230. The number of nitrogens with one attached hydrogen (secondary N) is 1. The molecule has 0 aliphatic heterocycles. The van der Waals surface area contributed by atoms with Crippen molar-refractivity contribution in [3.05, 3.63) is 62.3 Å². The van der Waals surface area contributed by atoms with Crippen LogP contribution in [0.2, 0.25) is 0 Å². The van der Waals surface area contributed by atoms with Crippen LogP contribution in [0.1, 0.15) is 74.3 Å². The third-order valence-corrected chi connectivity index (χ3v) is 8.03. The zero-order chi connectivity index (χ0) is 25.1. The summed E-state index contributed by atoms with van der Waals surface area (Å²) in [7, 11) is 0. The molecule has 184 valence electrons. The number of hydrogen-bond acceptors (Lipinski definition) is 7. The number of carbonyl (C=O) groups excluding carboxylic acids is 3. The zero-order valence-electron chi connectivity index (χ0n) is 19.7. The Hall–Kier alpha value is -3.24. The van der Waals surface area contributed by atoms with Crippen LogP contribution in [0.25, 0.3) is 0 Å². The molecular formula is C25H29N5O3S2. The first-order valence-electron chi connectivity index (χ1n) is 11.6. The van der Waals surface area contributed by atoms with Crippen LogP contribution in [0.15, 0.2) is 35.7 Å². The lowest BCUT2D eigenvalue weighted by Crippen LogP contribution is -2.47. The Morgan fingerprint density at radius 1 is 1.14 bits per heavy atom. The van der Waals surface area contributed by atoms with Crippen molar-refractivity contribution < 1.29 is 14.4 Å². The normalized spacial score (nSPS) is 14.9. The second kappa shape index (κ2) is 10.6. The summed E-state index contributed by atoms with van der Waals surface area (Å²) in [4.78, 5) is 41.9. The first-order chi connectivity index (χ1) is 16.8. The number of aryl methyl sites for hydroxylation is 2. The van der Waals surface area contributed by atoms with Gasteiger partial charge < -0.3 is 16.8 Å². The van der Waals surface area contributed by atoms with E-state index in [9.17, 15) is 14.4 Å². The van der Waals surface area contributed by atoms with Crippen molar-refractivity contribution in [2.45, 2.75) is 58.0 Å². The molecule has 10 heteroatoms. The third kappa shape index (κ3) is 5.23. The van der Waals surface area contributed by atoms with Crippen LogP contribution in [0.4, 0.5) is 11.4 Å². The van der Waals surface area contributed by atoms with Crippen LogP contribution in [0, 0.1) is 13.8 Å². The van der Waals surface area contributed by atoms with Gasteiger partial charge in [0.05, 0.1) is 5.69 Å². The third-order valence-electron chi connectivity index (χ3n) is 6.26. The summed E-state index contributed by atoms with van der Waals surface area (Å²) in [6.45, 7) is 3.87. The summed E-state index contributed by atoms with van der Waals surface area (Å²) in [5.41, 5.74) is 13.8. The Kier molecular flexibility index (Phi) is 7.51. The molecule has 3 amide bonds. The fourth-order valence-electron chi connectivity index (χ4n) is 4.53. The number of hydrogen-bond donors (Lipinski definition) is 3. The van der Waals surface area contributed by atoms with Crippen LogP contribution < -0.4 is 21.7 Å². The quantitative estimate of drug-likeness (QED) is 0.434. The van der Waals surface area contributed by atoms with Gasteiger partial charge in [-0.15, -0.1) is 11.3 Å². The highest BCUT2D eigenvalue weighted by atomic mass is 32.1. The SMILES string of the molecule is Cc1ccc(N(C(=O)c2snc(C(N)=O)c2N)[C@H](C(=O)NC2CCCCC2)c2cccs2)c(C)c1. The first-order valence-corrected chi connectivity index (χ1v) is 13.2. The minimum Gasteiger partial charge on any atom is -0.395 e. The molecule has 1 aromatic carbocycles. The van der Waals surface area contributed by atoms with Crippen molar-refractivity contribution in [3.63, 3.8) is 0 Å². The molecule has 2 aromatic heterocycles. The maximum Gasteiger partial charge on any atom is 0.273 e. The van der Waals surface area contributed by atoms with E-state index in [0.717, 1.165) is 53.2 Å². The average Bonchev–Trinajstić information content (AvgIpc) is 3.48. The van der Waals surface area contributed by atoms with Crippen LogP contribution in [-0.2, 0) is 4.79 Å². The molecule has 5 N–H and O–H groups in total. The van der Waals surface area contributed by atoms with Gasteiger partial charge in [0, 0.05) is 16.6 Å². The maximum absolute atomic E-state index is 14.1. The number of nitrogens with two attached hydrogens (primary N) is 2. The first kappa shape index (κ1) is 24.9. The molecule has 1 aliphatic carbocycles. The molecule has 0 bridgehead atoms. The van der Waals surface area contributed by atoms with Gasteiger partial charge in [-0.1, -0.05) is 43.0 Å². The summed E-state index contributed by atoms with van der Waals surface area (Å²) >= 11 is 2.22. The van der Waals surface area contributed by atoms with Gasteiger partial charge in [-0.25, -0.2) is 0 Å². The van der Waals surface area contributed by atoms with Gasteiger partial charge in [-0.2, -0.15) is 4.37 Å². The fourth-order valence-corrected chi connectivity index (χ4v) is 6.08. The molecule has 8 nitrogen and oxygen atoms in total. The van der Waals surface area contributed by atoms with Gasteiger partial charge in [0.2, 0.25) is 5.91 Å². The molecule has 0 spiro atoms. The summed E-state index contributed by atoms with van der Waals surface area (Å²) in [5.74, 6) is -1.55. The van der Waals surface area contributed by atoms with E-state index in [-0.39, 0.29) is 28.2 Å². The Labute approximate surface area is 212 Å². The van der Waals surface area contributed by atoms with Gasteiger partial charge in [-0.05, 0) is 61.3 Å². The molecule has 1 saturated carbocycles. The molecule has 35 heavy (non-hydrogen) atoms. The zero-order valence-corrected chi connectivity index (χ0v) is 21.4. The lowest BCUT2D eigenvalue weighted by molar-refractivity contribution is -0.123. The highest BCUT2D eigenvalue weighted by Gasteiger charge is 2.38. The van der Waals surface area contributed by atoms with Gasteiger partial charge in [0.1, 0.15) is 4.88 Å². The molecular weight excluding hydrogens is 482 g/mol. The smallest absolute Gasteiger partial charge is 0.273 e. The van der Waals surface area contributed by atoms with Crippen LogP contribution in [0.5, 0.6) is 0 Å². The number of carbonyl (C=O) groups is 3. The van der Waals surface area contributed by atoms with E-state index in [2.05, 4.69) is 9.69 Å². The molecule has 1 atom stereocenters. The van der Waals surface area contributed by atoms with Gasteiger partial charge in [0.25, 0.3) is 11.8 Å². The number of benzene rings is 1. The Morgan fingerprint density at radius 2 is 1.89 bits per heavy atom. The summed E-state index contributed by atoms with van der Waals surface area (Å²) in [5, 5.41) is 5.07. The minimum absolute atomic E-state index is 0.0696. The van der Waals surface area contributed by atoms with Gasteiger partial charge in [0.15, 0.2) is 11.7 Å². The molecule has 2 heterocycles. The van der Waals surface area contributed by atoms with E-state index in [1.807, 2.05) is 49.6 Å². The summed E-state index contributed by atoms with van der Waals surface area (Å²) in [6.07, 6.45) is 5.15. The summed E-state index contributed by atoms with van der Waals surface area (Å²) in [6, 6.07) is 8.57. The van der Waals surface area contributed by atoms with Crippen molar-refractivity contribution in [1.29, 1.82) is 0 Å². The van der Waals surface area contributed by atoms with Crippen molar-refractivity contribution in [2.24, 2.45) is 5.73 Å². The molecule has 0 saturated heterocycles. The second-order valence-corrected chi connectivity index (χ2v) is 10.6. The number of amides is 3. The number of nitrogens with zero attached hydrogens (tertiary/aromatic N) is 2. The van der Waals surface area contributed by atoms with Crippen molar-refractivity contribution >= 4 is 52.0 Å². The predicted octanol–water partition coefficient (Wildman–Crippen LogP) is 4.34. The molecule has 1 aliphatic rings. The average molecular weight is 512 g/mol. The number of aromatic nitrogens is 1. The van der Waals surface area contributed by atoms with E-state index >= 15 is 0 Å². The molecule has 1 fully saturated rings. The van der Waals surface area contributed by atoms with E-state index in [1.54, 1.807) is 0 Å². The van der Waals surface area contributed by atoms with Crippen molar-refractivity contribution in [1.82, 2.24) is 9.69 Å². The van der Waals surface area contributed by atoms with E-state index in [1.165, 1.54) is 22.7 Å². The maximum atomic E-state index is 14.1. The topological polar surface area (TPSA) is 131 Å². The number of anilines is 2. The lowest BCUT2D eigenvalue weighted by atomic mass is 9.95. The summed E-state index contributed by atoms with van der Waals surface area (Å²) < 4.78 is 4.01. The Balaban J connectivity index is 1.83. The molecule has 0 radical (unpaired) electrons. The predicted molar refractivity (Wildman–Crippen MR) is 140 cm³/mol. The second-order valence-electron chi connectivity index (χ2n) is 8.86. The van der Waals surface area contributed by atoms with E-state index < -0.39 is 17.9 Å². The molecule has 0 unspecified atom stereocenters. The van der Waals surface area contributed by atoms with E-state index in [4.69, 9.17) is 11.5 Å². The van der Waals surface area contributed by atoms with Crippen LogP contribution >= 0.6 is 22.9 Å². The highest BCUT2D eigenvalue weighted by molar-refractivity contribution is 7.10. The van der Waals surface area contributed by atoms with Crippen molar-refractivity contribution in [2.75, 3.05) is 10.6 Å². The van der Waals surface area contributed by atoms with Gasteiger partial charge in [-0.3, -0.25) is 19.3 Å². The number of primary amides is 1. The van der Waals surface area contributed by atoms with E-state index in [0.29, 0.717) is 5.69 Å². The van der Waals surface area contributed by atoms with Crippen molar-refractivity contribution in [3.8, 4) is 0 Å². The highest BCUT2D eigenvalue weighted by Crippen LogP contribution is 2.36. The van der Waals surface area contributed by atoms with Gasteiger partial charge >= 0.3 is 0 Å². The van der Waals surface area contributed by atoms with Crippen LogP contribution in [0.3, 0.4) is 0 Å². The van der Waals surface area contributed by atoms with Crippen LogP contribution in [-0.4, -0.2) is 28.1 Å². The number of rotatable bonds is 7. The molecule has 3 aromatic rings. The molecule has 4 rings (SSSR count). The Morgan fingerprint density at radius 3 is 2.49 bits per heavy atom. The number of nitrogen functional groups attached to an aromatic ring is 1. The monoisotopic (exact) mass is 511 g/mol. The largest absolute Gasteiger partial charge is 0.395 e. The fraction of sp³-hybridized carbons (Fsp3) is 0.360. The minimum atomic E-state index is -0.913.